The minimum atomic E-state index is -1.43. The molecule has 374 valence electrons. The number of amides is 3. The van der Waals surface area contributed by atoms with Crippen LogP contribution in [0.25, 0.3) is 0 Å². The molecule has 65 heavy (non-hydrogen) atoms. The van der Waals surface area contributed by atoms with Crippen LogP contribution in [0.15, 0.2) is 12.4 Å². The second-order valence-corrected chi connectivity index (χ2v) is 21.2. The Hall–Kier alpha value is -2.23. The Morgan fingerprint density at radius 3 is 1.51 bits per heavy atom. The Morgan fingerprint density at radius 1 is 0.631 bits per heavy atom. The summed E-state index contributed by atoms with van der Waals surface area (Å²) in [7, 11) is 0. The number of nitrogens with zero attached hydrogens (tertiary/aromatic N) is 6. The van der Waals surface area contributed by atoms with Gasteiger partial charge >= 0.3 is 0 Å². The molecule has 0 bridgehead atoms. The van der Waals surface area contributed by atoms with Gasteiger partial charge in [-0.1, -0.05) is 24.3 Å². The Balaban J connectivity index is 1.87. The standard InChI is InChI=1S/C41H75N9O11S4/c1-4-14-64-24-35(65-15-5-2)8-9-36(57)42-39(3,31-60-22-33-20-49(47-45-33)12-6-16-62-18-10-37(58)43-40(25-51,26-52)27-53)32-61-23-34-21-50(48-46-34)13-7-17-63-19-11-38(59)44-41(28-54,29-55)30-56/h20-21,35,51-56H,4-19,22-32H2,1-3H3,(H,42,57)(H,43,58)(H,44,59). The summed E-state index contributed by atoms with van der Waals surface area (Å²) in [6.07, 6.45) is 8.93. The lowest BCUT2D eigenvalue weighted by Gasteiger charge is -2.30. The van der Waals surface area contributed by atoms with E-state index in [1.165, 1.54) is 0 Å². The molecular formula is C41H75N9O11S4. The predicted molar refractivity (Wildman–Crippen MR) is 257 cm³/mol. The van der Waals surface area contributed by atoms with Crippen LogP contribution in [-0.4, -0.2) is 193 Å². The Morgan fingerprint density at radius 2 is 1.08 bits per heavy atom. The predicted octanol–water partition coefficient (Wildman–Crippen LogP) is 0.604. The van der Waals surface area contributed by atoms with E-state index < -0.39 is 56.3 Å². The molecule has 0 spiro atoms. The van der Waals surface area contributed by atoms with Crippen molar-refractivity contribution < 1.29 is 54.5 Å². The maximum Gasteiger partial charge on any atom is 0.221 e. The minimum Gasteiger partial charge on any atom is -0.394 e. The van der Waals surface area contributed by atoms with Crippen LogP contribution in [0.5, 0.6) is 0 Å². The summed E-state index contributed by atoms with van der Waals surface area (Å²) in [4.78, 5) is 37.8. The summed E-state index contributed by atoms with van der Waals surface area (Å²) >= 11 is 7.04. The number of hydrogen-bond donors (Lipinski definition) is 9. The van der Waals surface area contributed by atoms with Crippen LogP contribution >= 0.6 is 47.0 Å². The first-order valence-electron chi connectivity index (χ1n) is 22.2. The molecule has 24 heteroatoms. The number of aryl methyl sites for hydroxylation is 2. The highest BCUT2D eigenvalue weighted by Crippen LogP contribution is 2.23. The first-order chi connectivity index (χ1) is 31.4. The van der Waals surface area contributed by atoms with Crippen molar-refractivity contribution in [2.75, 3.05) is 93.1 Å². The van der Waals surface area contributed by atoms with Crippen molar-refractivity contribution in [3.05, 3.63) is 23.8 Å². The average molecular weight is 998 g/mol. The molecule has 2 aromatic rings. The third-order valence-corrected chi connectivity index (χ3v) is 15.0. The van der Waals surface area contributed by atoms with Crippen LogP contribution in [0, 0.1) is 0 Å². The molecule has 0 aliphatic carbocycles. The van der Waals surface area contributed by atoms with E-state index in [1.807, 2.05) is 42.8 Å². The van der Waals surface area contributed by atoms with Gasteiger partial charge in [-0.05, 0) is 62.0 Å². The first kappa shape index (κ1) is 58.9. The second kappa shape index (κ2) is 34.1. The number of carbonyl (C=O) groups is 3. The maximum absolute atomic E-state index is 13.4. The minimum absolute atomic E-state index is 0.0710. The molecule has 0 radical (unpaired) electrons. The van der Waals surface area contributed by atoms with Crippen molar-refractivity contribution in [3.8, 4) is 0 Å². The maximum atomic E-state index is 13.4. The molecule has 20 nitrogen and oxygen atoms in total. The Labute approximate surface area is 400 Å². The molecule has 0 fully saturated rings. The molecule has 0 aromatic carbocycles. The number of aliphatic hydroxyl groups is 6. The first-order valence-corrected chi connectivity index (χ1v) is 26.7. The lowest BCUT2D eigenvalue weighted by molar-refractivity contribution is -0.126. The van der Waals surface area contributed by atoms with Gasteiger partial charge in [-0.3, -0.25) is 23.7 Å². The number of rotatable bonds is 41. The van der Waals surface area contributed by atoms with E-state index in [1.54, 1.807) is 32.9 Å². The molecule has 3 amide bonds. The number of ether oxygens (including phenoxy) is 2. The van der Waals surface area contributed by atoms with E-state index in [9.17, 15) is 45.0 Å². The van der Waals surface area contributed by atoms with Crippen molar-refractivity contribution in [1.82, 2.24) is 45.9 Å². The highest BCUT2D eigenvalue weighted by molar-refractivity contribution is 8.03. The fourth-order valence-corrected chi connectivity index (χ4v) is 10.0. The van der Waals surface area contributed by atoms with E-state index in [2.05, 4.69) is 50.4 Å². The molecule has 1 unspecified atom stereocenters. The molecule has 2 aromatic heterocycles. The number of carbonyl (C=O) groups excluding carboxylic acids is 3. The lowest BCUT2D eigenvalue weighted by atomic mass is 10.0. The van der Waals surface area contributed by atoms with Gasteiger partial charge in [0.15, 0.2) is 0 Å². The fourth-order valence-electron chi connectivity index (χ4n) is 5.90. The molecule has 0 saturated heterocycles. The van der Waals surface area contributed by atoms with Gasteiger partial charge in [0.1, 0.15) is 22.5 Å². The van der Waals surface area contributed by atoms with Crippen LogP contribution < -0.4 is 16.0 Å². The molecule has 0 aliphatic heterocycles. The number of nitrogens with one attached hydrogen (secondary N) is 3. The summed E-state index contributed by atoms with van der Waals surface area (Å²) in [5.41, 5.74) is -2.45. The smallest absolute Gasteiger partial charge is 0.221 e. The number of thioether (sulfide) groups is 4. The summed E-state index contributed by atoms with van der Waals surface area (Å²) in [5.74, 6) is 5.01. The van der Waals surface area contributed by atoms with Gasteiger partial charge in [-0.15, -0.1) is 10.2 Å². The zero-order valence-electron chi connectivity index (χ0n) is 38.4. The third-order valence-electron chi connectivity index (χ3n) is 9.78. The largest absolute Gasteiger partial charge is 0.394 e. The second-order valence-electron chi connectivity index (χ2n) is 16.2. The molecular weight excluding hydrogens is 923 g/mol. The van der Waals surface area contributed by atoms with Gasteiger partial charge in [-0.25, -0.2) is 0 Å². The van der Waals surface area contributed by atoms with Crippen molar-refractivity contribution in [2.45, 2.75) is 120 Å². The SMILES string of the molecule is CCCSCC(CCC(=O)NC(C)(COCc1cn(CCCSCCC(=O)NC(CO)(CO)CO)nn1)COCc1cn(CCCSCCC(=O)NC(CO)(CO)CO)nn1)SCCC. The van der Waals surface area contributed by atoms with Crippen molar-refractivity contribution in [3.63, 3.8) is 0 Å². The Kier molecular flexibility index (Phi) is 30.9. The number of aliphatic hydroxyl groups excluding tert-OH is 6. The van der Waals surface area contributed by atoms with E-state index in [4.69, 9.17) is 9.47 Å². The average Bonchev–Trinajstić information content (AvgIpc) is 3.97. The van der Waals surface area contributed by atoms with Crippen LogP contribution in [0.2, 0.25) is 0 Å². The van der Waals surface area contributed by atoms with Gasteiger partial charge in [0.05, 0.1) is 84.0 Å². The molecule has 1 atom stereocenters. The molecule has 0 saturated carbocycles. The van der Waals surface area contributed by atoms with Crippen LogP contribution in [0.4, 0.5) is 0 Å². The third kappa shape index (κ3) is 24.6. The van der Waals surface area contributed by atoms with E-state index in [0.717, 1.165) is 60.9 Å². The highest BCUT2D eigenvalue weighted by Gasteiger charge is 2.31. The van der Waals surface area contributed by atoms with E-state index in [0.29, 0.717) is 47.7 Å². The van der Waals surface area contributed by atoms with E-state index in [-0.39, 0.29) is 57.0 Å². The zero-order valence-corrected chi connectivity index (χ0v) is 41.6. The van der Waals surface area contributed by atoms with Crippen molar-refractivity contribution >= 4 is 64.8 Å². The van der Waals surface area contributed by atoms with Crippen LogP contribution in [0.1, 0.15) is 83.5 Å². The molecule has 9 N–H and O–H groups in total. The Bertz CT molecular complexity index is 1480. The summed E-state index contributed by atoms with van der Waals surface area (Å²) in [5, 5.41) is 82.0. The van der Waals surface area contributed by atoms with Gasteiger partial charge in [-0.2, -0.15) is 47.0 Å². The quantitative estimate of drug-likeness (QED) is 0.0413. The highest BCUT2D eigenvalue weighted by atomic mass is 32.2. The summed E-state index contributed by atoms with van der Waals surface area (Å²) in [6.45, 7) is 4.75. The lowest BCUT2D eigenvalue weighted by Crippen LogP contribution is -2.57. The molecule has 2 heterocycles. The summed E-state index contributed by atoms with van der Waals surface area (Å²) < 4.78 is 15.7. The molecule has 2 rings (SSSR count). The van der Waals surface area contributed by atoms with E-state index >= 15 is 0 Å². The van der Waals surface area contributed by atoms with Crippen LogP contribution in [0.3, 0.4) is 0 Å². The zero-order chi connectivity index (χ0) is 47.8. The number of hydrogen-bond acceptors (Lipinski definition) is 19. The van der Waals surface area contributed by atoms with Crippen molar-refractivity contribution in [1.29, 1.82) is 0 Å². The van der Waals surface area contributed by atoms with Gasteiger partial charge in [0, 0.05) is 54.9 Å². The van der Waals surface area contributed by atoms with Crippen molar-refractivity contribution in [2.24, 2.45) is 0 Å². The van der Waals surface area contributed by atoms with Gasteiger partial charge in [0.2, 0.25) is 17.7 Å². The van der Waals surface area contributed by atoms with Gasteiger partial charge < -0.3 is 56.1 Å². The van der Waals surface area contributed by atoms with Gasteiger partial charge in [0.25, 0.3) is 0 Å². The number of aromatic nitrogens is 6. The fraction of sp³-hybridized carbons (Fsp3) is 0.829. The summed E-state index contributed by atoms with van der Waals surface area (Å²) in [6, 6.07) is 0. The van der Waals surface area contributed by atoms with Crippen LogP contribution in [-0.2, 0) is 50.2 Å². The normalized spacial score (nSPS) is 12.7. The molecule has 0 aliphatic rings. The monoisotopic (exact) mass is 997 g/mol. The topological polar surface area (TPSA) is 289 Å².